The highest BCUT2D eigenvalue weighted by Gasteiger charge is 2.41. The molecule has 4 rings (SSSR count). The number of anilines is 1. The van der Waals surface area contributed by atoms with Gasteiger partial charge in [-0.1, -0.05) is 42.5 Å². The van der Waals surface area contributed by atoms with E-state index in [0.717, 1.165) is 56.5 Å². The number of benzene rings is 2. The van der Waals surface area contributed by atoms with Crippen LogP contribution in [-0.4, -0.2) is 66.6 Å². The van der Waals surface area contributed by atoms with Crippen LogP contribution in [-0.2, 0) is 22.6 Å². The molecule has 2 fully saturated rings. The fourth-order valence-corrected chi connectivity index (χ4v) is 4.49. The normalized spacial score (nSPS) is 21.3. The lowest BCUT2D eigenvalue weighted by Gasteiger charge is -2.36. The summed E-state index contributed by atoms with van der Waals surface area (Å²) in [6, 6.07) is 18.9. The van der Waals surface area contributed by atoms with E-state index in [1.54, 1.807) is 0 Å². The molecule has 2 unspecified atom stereocenters. The summed E-state index contributed by atoms with van der Waals surface area (Å²) in [4.78, 5) is 21.1. The molecular weight excluding hydrogens is 402 g/mol. The summed E-state index contributed by atoms with van der Waals surface area (Å²) in [7, 11) is 0. The first-order valence-corrected chi connectivity index (χ1v) is 11.4. The van der Waals surface area contributed by atoms with Crippen molar-refractivity contribution in [2.75, 3.05) is 38.1 Å². The SMILES string of the molecule is CCNC(=NCc1cccc(NC(C)=O)c1)N1CC2OCCN(Cc3ccccc3)C2C1. The molecule has 7 heteroatoms. The molecule has 0 aliphatic carbocycles. The quantitative estimate of drug-likeness (QED) is 0.539. The lowest BCUT2D eigenvalue weighted by Crippen LogP contribution is -2.50. The van der Waals surface area contributed by atoms with E-state index < -0.39 is 0 Å². The maximum atomic E-state index is 11.3. The Morgan fingerprint density at radius 1 is 1.12 bits per heavy atom. The van der Waals surface area contributed by atoms with E-state index >= 15 is 0 Å². The van der Waals surface area contributed by atoms with Crippen molar-refractivity contribution in [2.45, 2.75) is 39.1 Å². The Labute approximate surface area is 190 Å². The van der Waals surface area contributed by atoms with E-state index in [0.29, 0.717) is 12.6 Å². The van der Waals surface area contributed by atoms with Crippen LogP contribution in [0.2, 0.25) is 0 Å². The van der Waals surface area contributed by atoms with Gasteiger partial charge in [0.15, 0.2) is 5.96 Å². The molecule has 0 bridgehead atoms. The number of nitrogens with one attached hydrogen (secondary N) is 2. The Morgan fingerprint density at radius 3 is 2.72 bits per heavy atom. The largest absolute Gasteiger partial charge is 0.373 e. The summed E-state index contributed by atoms with van der Waals surface area (Å²) in [6.07, 6.45) is 0.194. The molecule has 1 amide bonds. The number of carbonyl (C=O) groups excluding carboxylic acids is 1. The van der Waals surface area contributed by atoms with Gasteiger partial charge in [-0.05, 0) is 30.2 Å². The summed E-state index contributed by atoms with van der Waals surface area (Å²) >= 11 is 0. The molecule has 0 aromatic heterocycles. The lowest BCUT2D eigenvalue weighted by molar-refractivity contribution is -0.114. The number of hydrogen-bond donors (Lipinski definition) is 2. The van der Waals surface area contributed by atoms with Crippen molar-refractivity contribution in [3.05, 3.63) is 65.7 Å². The number of aliphatic imine (C=N–C) groups is 1. The number of guanidine groups is 1. The van der Waals surface area contributed by atoms with Gasteiger partial charge in [0, 0.05) is 45.3 Å². The van der Waals surface area contributed by atoms with E-state index in [2.05, 4.69) is 57.7 Å². The average molecular weight is 436 g/mol. The fraction of sp³-hybridized carbons (Fsp3) is 0.440. The minimum absolute atomic E-state index is 0.0706. The van der Waals surface area contributed by atoms with Crippen LogP contribution in [0.5, 0.6) is 0 Å². The van der Waals surface area contributed by atoms with Crippen LogP contribution in [0, 0.1) is 0 Å². The molecule has 32 heavy (non-hydrogen) atoms. The molecule has 2 atom stereocenters. The Morgan fingerprint density at radius 2 is 1.94 bits per heavy atom. The number of ether oxygens (including phenoxy) is 1. The van der Waals surface area contributed by atoms with Crippen LogP contribution in [0.3, 0.4) is 0 Å². The van der Waals surface area contributed by atoms with Gasteiger partial charge in [-0.15, -0.1) is 0 Å². The van der Waals surface area contributed by atoms with E-state index in [9.17, 15) is 4.79 Å². The van der Waals surface area contributed by atoms with Crippen LogP contribution in [0.25, 0.3) is 0 Å². The highest BCUT2D eigenvalue weighted by Crippen LogP contribution is 2.25. The molecule has 2 saturated heterocycles. The maximum absolute atomic E-state index is 11.3. The summed E-state index contributed by atoms with van der Waals surface area (Å²) in [5.41, 5.74) is 3.20. The second-order valence-electron chi connectivity index (χ2n) is 8.39. The van der Waals surface area contributed by atoms with E-state index in [1.165, 1.54) is 12.5 Å². The number of fused-ring (bicyclic) bond motifs is 1. The number of likely N-dealkylation sites (tertiary alicyclic amines) is 1. The minimum Gasteiger partial charge on any atom is -0.373 e. The fourth-order valence-electron chi connectivity index (χ4n) is 4.49. The monoisotopic (exact) mass is 435 g/mol. The zero-order valence-electron chi connectivity index (χ0n) is 19.0. The van der Waals surface area contributed by atoms with Crippen molar-refractivity contribution in [1.29, 1.82) is 0 Å². The number of morpholine rings is 1. The zero-order valence-corrected chi connectivity index (χ0v) is 19.0. The van der Waals surface area contributed by atoms with Crippen LogP contribution < -0.4 is 10.6 Å². The molecule has 2 N–H and O–H groups in total. The first kappa shape index (κ1) is 22.3. The van der Waals surface area contributed by atoms with Crippen LogP contribution in [0.1, 0.15) is 25.0 Å². The van der Waals surface area contributed by atoms with Gasteiger partial charge in [-0.3, -0.25) is 9.69 Å². The minimum atomic E-state index is -0.0706. The summed E-state index contributed by atoms with van der Waals surface area (Å²) in [6.45, 7) is 9.38. The predicted molar refractivity (Wildman–Crippen MR) is 128 cm³/mol. The number of rotatable bonds is 6. The first-order valence-electron chi connectivity index (χ1n) is 11.4. The second-order valence-corrected chi connectivity index (χ2v) is 8.39. The Bertz CT molecular complexity index is 933. The zero-order chi connectivity index (χ0) is 22.3. The third-order valence-corrected chi connectivity index (χ3v) is 5.94. The van der Waals surface area contributed by atoms with Crippen molar-refractivity contribution < 1.29 is 9.53 Å². The van der Waals surface area contributed by atoms with Gasteiger partial charge in [-0.25, -0.2) is 4.99 Å². The van der Waals surface area contributed by atoms with Gasteiger partial charge in [0.2, 0.25) is 5.91 Å². The molecule has 0 spiro atoms. The van der Waals surface area contributed by atoms with Crippen LogP contribution >= 0.6 is 0 Å². The molecule has 7 nitrogen and oxygen atoms in total. The van der Waals surface area contributed by atoms with Crippen molar-refractivity contribution in [3.8, 4) is 0 Å². The van der Waals surface area contributed by atoms with Crippen molar-refractivity contribution in [3.63, 3.8) is 0 Å². The maximum Gasteiger partial charge on any atom is 0.221 e. The Kier molecular flexibility index (Phi) is 7.39. The van der Waals surface area contributed by atoms with Gasteiger partial charge in [-0.2, -0.15) is 0 Å². The molecule has 2 aromatic carbocycles. The van der Waals surface area contributed by atoms with Crippen LogP contribution in [0.4, 0.5) is 5.69 Å². The molecule has 2 aromatic rings. The van der Waals surface area contributed by atoms with Crippen molar-refractivity contribution in [1.82, 2.24) is 15.1 Å². The molecule has 170 valence electrons. The lowest BCUT2D eigenvalue weighted by atomic mass is 10.1. The third-order valence-electron chi connectivity index (χ3n) is 5.94. The van der Waals surface area contributed by atoms with Gasteiger partial charge in [0.05, 0.1) is 25.3 Å². The molecule has 2 aliphatic heterocycles. The van der Waals surface area contributed by atoms with Crippen molar-refractivity contribution in [2.24, 2.45) is 4.99 Å². The van der Waals surface area contributed by atoms with Gasteiger partial charge < -0.3 is 20.3 Å². The Balaban J connectivity index is 1.44. The highest BCUT2D eigenvalue weighted by molar-refractivity contribution is 5.88. The molecule has 2 heterocycles. The van der Waals surface area contributed by atoms with E-state index in [1.807, 2.05) is 24.3 Å². The number of nitrogens with zero attached hydrogens (tertiary/aromatic N) is 3. The standard InChI is InChI=1S/C25H33N5O2/c1-3-26-25(27-15-21-10-7-11-22(14-21)28-19(2)31)30-17-23-24(18-30)32-13-12-29(23)16-20-8-5-4-6-9-20/h4-11,14,23-24H,3,12-13,15-18H2,1-2H3,(H,26,27)(H,28,31). The van der Waals surface area contributed by atoms with Crippen molar-refractivity contribution >= 4 is 17.6 Å². The molecular formula is C25H33N5O2. The second kappa shape index (κ2) is 10.6. The highest BCUT2D eigenvalue weighted by atomic mass is 16.5. The average Bonchev–Trinajstić information content (AvgIpc) is 3.22. The van der Waals surface area contributed by atoms with Crippen LogP contribution in [0.15, 0.2) is 59.6 Å². The number of carbonyl (C=O) groups is 1. The topological polar surface area (TPSA) is 69.2 Å². The summed E-state index contributed by atoms with van der Waals surface area (Å²) < 4.78 is 6.14. The first-order chi connectivity index (χ1) is 15.6. The Hall–Kier alpha value is -2.90. The van der Waals surface area contributed by atoms with Gasteiger partial charge in [0.1, 0.15) is 0 Å². The summed E-state index contributed by atoms with van der Waals surface area (Å²) in [5, 5.41) is 6.28. The van der Waals surface area contributed by atoms with E-state index in [-0.39, 0.29) is 12.0 Å². The van der Waals surface area contributed by atoms with Gasteiger partial charge in [0.25, 0.3) is 0 Å². The molecule has 0 radical (unpaired) electrons. The van der Waals surface area contributed by atoms with Gasteiger partial charge >= 0.3 is 0 Å². The predicted octanol–water partition coefficient (Wildman–Crippen LogP) is 2.70. The smallest absolute Gasteiger partial charge is 0.221 e. The summed E-state index contributed by atoms with van der Waals surface area (Å²) in [5.74, 6) is 0.841. The molecule has 2 aliphatic rings. The van der Waals surface area contributed by atoms with E-state index in [4.69, 9.17) is 9.73 Å². The number of hydrogen-bond acceptors (Lipinski definition) is 4. The number of amides is 1. The molecule has 0 saturated carbocycles. The third kappa shape index (κ3) is 5.66.